The second-order valence-corrected chi connectivity index (χ2v) is 6.48. The van der Waals surface area contributed by atoms with Gasteiger partial charge in [0.15, 0.2) is 5.92 Å². The maximum atomic E-state index is 12.5. The molecule has 1 spiro atoms. The molecule has 0 N–H and O–H groups in total. The molecule has 7 nitrogen and oxygen atoms in total. The maximum absolute atomic E-state index is 12.5. The Bertz CT molecular complexity index is 499. The molecule has 2 aliphatic rings. The van der Waals surface area contributed by atoms with Gasteiger partial charge >= 0.3 is 17.9 Å². The molecule has 23 heavy (non-hydrogen) atoms. The minimum atomic E-state index is -1.28. The van der Waals surface area contributed by atoms with Gasteiger partial charge in [-0.3, -0.25) is 14.4 Å². The largest absolute Gasteiger partial charge is 0.466 e. The van der Waals surface area contributed by atoms with Crippen molar-refractivity contribution in [2.75, 3.05) is 19.8 Å². The van der Waals surface area contributed by atoms with Crippen molar-refractivity contribution in [1.29, 1.82) is 0 Å². The van der Waals surface area contributed by atoms with Crippen molar-refractivity contribution in [2.45, 2.75) is 51.7 Å². The Morgan fingerprint density at radius 1 is 1.17 bits per heavy atom. The molecule has 0 radical (unpaired) electrons. The third-order valence-corrected chi connectivity index (χ3v) is 4.28. The number of carbonyl (C=O) groups is 3. The first-order chi connectivity index (χ1) is 10.8. The molecular formula is C16H24O7. The summed E-state index contributed by atoms with van der Waals surface area (Å²) in [5.41, 5.74) is -1.64. The predicted octanol–water partition coefficient (Wildman–Crippen LogP) is 1.23. The van der Waals surface area contributed by atoms with Gasteiger partial charge in [-0.05, 0) is 27.7 Å². The van der Waals surface area contributed by atoms with Crippen molar-refractivity contribution >= 4 is 17.9 Å². The van der Waals surface area contributed by atoms with E-state index < -0.39 is 40.9 Å². The molecule has 0 unspecified atom stereocenters. The minimum Gasteiger partial charge on any atom is -0.466 e. The van der Waals surface area contributed by atoms with Crippen LogP contribution >= 0.6 is 0 Å². The van der Waals surface area contributed by atoms with E-state index in [0.29, 0.717) is 19.4 Å². The summed E-state index contributed by atoms with van der Waals surface area (Å²) in [5.74, 6) is -4.34. The lowest BCUT2D eigenvalue weighted by atomic mass is 9.72. The lowest BCUT2D eigenvalue weighted by Crippen LogP contribution is -2.53. The van der Waals surface area contributed by atoms with Gasteiger partial charge in [-0.15, -0.1) is 0 Å². The van der Waals surface area contributed by atoms with E-state index in [4.69, 9.17) is 18.9 Å². The first-order valence-electron chi connectivity index (χ1n) is 7.96. The van der Waals surface area contributed by atoms with Gasteiger partial charge in [-0.2, -0.15) is 0 Å². The Morgan fingerprint density at radius 3 is 2.35 bits per heavy atom. The zero-order valence-corrected chi connectivity index (χ0v) is 14.0. The molecule has 2 aliphatic heterocycles. The molecule has 0 saturated carbocycles. The summed E-state index contributed by atoms with van der Waals surface area (Å²) in [6.45, 7) is 7.67. The quantitative estimate of drug-likeness (QED) is 0.436. The van der Waals surface area contributed by atoms with Gasteiger partial charge in [0, 0.05) is 12.8 Å². The molecule has 130 valence electrons. The van der Waals surface area contributed by atoms with E-state index in [0.717, 1.165) is 0 Å². The molecule has 7 heteroatoms. The van der Waals surface area contributed by atoms with Crippen molar-refractivity contribution in [1.82, 2.24) is 0 Å². The summed E-state index contributed by atoms with van der Waals surface area (Å²) >= 11 is 0. The second kappa shape index (κ2) is 6.47. The van der Waals surface area contributed by atoms with Gasteiger partial charge in [-0.1, -0.05) is 0 Å². The highest BCUT2D eigenvalue weighted by Crippen LogP contribution is 2.48. The smallest absolute Gasteiger partial charge is 0.321 e. The van der Waals surface area contributed by atoms with Crippen LogP contribution in [-0.4, -0.2) is 48.9 Å². The number of rotatable bonds is 4. The van der Waals surface area contributed by atoms with E-state index in [1.807, 2.05) is 13.8 Å². The van der Waals surface area contributed by atoms with Crippen LogP contribution in [0, 0.1) is 11.8 Å². The van der Waals surface area contributed by atoms with Crippen LogP contribution in [0.3, 0.4) is 0 Å². The predicted molar refractivity (Wildman–Crippen MR) is 78.3 cm³/mol. The fraction of sp³-hybridized carbons (Fsp3) is 0.812. The maximum Gasteiger partial charge on any atom is 0.321 e. The monoisotopic (exact) mass is 328 g/mol. The standard InChI is InChI=1S/C16H24O7/c1-5-20-12(17)10-11(14(19)21-6-2)16(23-13(10)18)7-8-22-15(3,4)9-16/h10-11H,5-9H2,1-4H3/t10-,11-,16-/m0/s1. The van der Waals surface area contributed by atoms with E-state index in [2.05, 4.69) is 0 Å². The molecule has 2 heterocycles. The lowest BCUT2D eigenvalue weighted by Gasteiger charge is -2.43. The van der Waals surface area contributed by atoms with Crippen LogP contribution in [0.4, 0.5) is 0 Å². The average Bonchev–Trinajstić information content (AvgIpc) is 2.69. The molecule has 3 atom stereocenters. The average molecular weight is 328 g/mol. The molecule has 2 rings (SSSR count). The number of esters is 3. The Labute approximate surface area is 135 Å². The number of hydrogen-bond donors (Lipinski definition) is 0. The summed E-state index contributed by atoms with van der Waals surface area (Å²) < 4.78 is 21.3. The van der Waals surface area contributed by atoms with Crippen molar-refractivity contribution in [3.05, 3.63) is 0 Å². The molecule has 0 bridgehead atoms. The fourth-order valence-electron chi connectivity index (χ4n) is 3.53. The Balaban J connectivity index is 2.39. The lowest BCUT2D eigenvalue weighted by molar-refractivity contribution is -0.185. The van der Waals surface area contributed by atoms with Crippen LogP contribution in [0.1, 0.15) is 40.5 Å². The van der Waals surface area contributed by atoms with Crippen molar-refractivity contribution < 1.29 is 33.3 Å². The zero-order chi connectivity index (χ0) is 17.3. The zero-order valence-electron chi connectivity index (χ0n) is 14.0. The first kappa shape index (κ1) is 17.7. The minimum absolute atomic E-state index is 0.125. The third kappa shape index (κ3) is 3.34. The van der Waals surface area contributed by atoms with Gasteiger partial charge < -0.3 is 18.9 Å². The highest BCUT2D eigenvalue weighted by molar-refractivity contribution is 6.02. The fourth-order valence-corrected chi connectivity index (χ4v) is 3.53. The van der Waals surface area contributed by atoms with Crippen LogP contribution < -0.4 is 0 Å². The van der Waals surface area contributed by atoms with Crippen LogP contribution in [0.25, 0.3) is 0 Å². The van der Waals surface area contributed by atoms with Crippen LogP contribution in [0.2, 0.25) is 0 Å². The highest BCUT2D eigenvalue weighted by Gasteiger charge is 2.65. The normalized spacial score (nSPS) is 32.4. The molecule has 0 amide bonds. The van der Waals surface area contributed by atoms with Gasteiger partial charge in [-0.25, -0.2) is 0 Å². The van der Waals surface area contributed by atoms with E-state index in [-0.39, 0.29) is 13.2 Å². The SMILES string of the molecule is CCOC(=O)[C@H]1C(=O)O[C@]2(CCOC(C)(C)C2)[C@@H]1C(=O)OCC. The van der Waals surface area contributed by atoms with Crippen molar-refractivity contribution in [2.24, 2.45) is 11.8 Å². The molecule has 0 aromatic heterocycles. The Morgan fingerprint density at radius 2 is 1.78 bits per heavy atom. The summed E-state index contributed by atoms with van der Waals surface area (Å²) in [7, 11) is 0. The molecule has 0 aromatic carbocycles. The first-order valence-corrected chi connectivity index (χ1v) is 7.96. The summed E-state index contributed by atoms with van der Waals surface area (Å²) in [5, 5.41) is 0. The van der Waals surface area contributed by atoms with Crippen molar-refractivity contribution in [3.63, 3.8) is 0 Å². The molecule has 0 aliphatic carbocycles. The number of ether oxygens (including phenoxy) is 4. The van der Waals surface area contributed by atoms with Gasteiger partial charge in [0.25, 0.3) is 0 Å². The Hall–Kier alpha value is -1.63. The third-order valence-electron chi connectivity index (χ3n) is 4.28. The van der Waals surface area contributed by atoms with E-state index in [9.17, 15) is 14.4 Å². The van der Waals surface area contributed by atoms with E-state index >= 15 is 0 Å². The van der Waals surface area contributed by atoms with Crippen LogP contribution in [0.15, 0.2) is 0 Å². The van der Waals surface area contributed by atoms with Crippen LogP contribution in [-0.2, 0) is 33.3 Å². The molecule has 2 saturated heterocycles. The van der Waals surface area contributed by atoms with Crippen LogP contribution in [0.5, 0.6) is 0 Å². The second-order valence-electron chi connectivity index (χ2n) is 6.48. The summed E-state index contributed by atoms with van der Waals surface area (Å²) in [6, 6.07) is 0. The molecule has 0 aromatic rings. The van der Waals surface area contributed by atoms with Gasteiger partial charge in [0.05, 0.1) is 25.4 Å². The topological polar surface area (TPSA) is 88.1 Å². The number of hydrogen-bond acceptors (Lipinski definition) is 7. The van der Waals surface area contributed by atoms with Gasteiger partial charge in [0.1, 0.15) is 11.5 Å². The summed E-state index contributed by atoms with van der Waals surface area (Å²) in [4.78, 5) is 37.0. The number of carbonyl (C=O) groups excluding carboxylic acids is 3. The van der Waals surface area contributed by atoms with E-state index in [1.165, 1.54) is 0 Å². The van der Waals surface area contributed by atoms with Crippen molar-refractivity contribution in [3.8, 4) is 0 Å². The van der Waals surface area contributed by atoms with Gasteiger partial charge in [0.2, 0.25) is 0 Å². The molecular weight excluding hydrogens is 304 g/mol. The summed E-state index contributed by atoms with van der Waals surface area (Å²) in [6.07, 6.45) is 0.673. The highest BCUT2D eigenvalue weighted by atomic mass is 16.6. The Kier molecular flexibility index (Phi) is 4.98. The molecule has 2 fully saturated rings. The van der Waals surface area contributed by atoms with E-state index in [1.54, 1.807) is 13.8 Å².